The Balaban J connectivity index is 1.96. The molecular weight excluding hydrogens is 230 g/mol. The summed E-state index contributed by atoms with van der Waals surface area (Å²) in [6.45, 7) is 2.47. The third-order valence-corrected chi connectivity index (χ3v) is 4.91. The van der Waals surface area contributed by atoms with Crippen molar-refractivity contribution in [3.05, 3.63) is 36.2 Å². The number of aromatic amines is 1. The fourth-order valence-electron chi connectivity index (χ4n) is 3.69. The first kappa shape index (κ1) is 12.8. The van der Waals surface area contributed by atoms with Crippen LogP contribution in [-0.2, 0) is 5.41 Å². The van der Waals surface area contributed by atoms with Gasteiger partial charge in [0.25, 0.3) is 0 Å². The van der Waals surface area contributed by atoms with Crippen LogP contribution in [0.15, 0.2) is 30.5 Å². The minimum Gasteiger partial charge on any atom is -0.363 e. The van der Waals surface area contributed by atoms with Crippen molar-refractivity contribution in [2.45, 2.75) is 63.7 Å². The van der Waals surface area contributed by atoms with Crippen molar-refractivity contribution in [1.29, 1.82) is 0 Å². The maximum Gasteiger partial charge on any atom is 0.0287 e. The lowest BCUT2D eigenvalue weighted by Crippen LogP contribution is -2.22. The van der Waals surface area contributed by atoms with E-state index in [0.717, 1.165) is 0 Å². The highest BCUT2D eigenvalue weighted by atomic mass is 14.7. The second-order valence-electron chi connectivity index (χ2n) is 6.43. The number of hydrogen-bond acceptors (Lipinski definition) is 0. The van der Waals surface area contributed by atoms with Crippen LogP contribution in [0, 0.1) is 0 Å². The van der Waals surface area contributed by atoms with E-state index in [1.165, 1.54) is 67.8 Å². The number of nitrogens with one attached hydrogen (secondary N) is 1. The van der Waals surface area contributed by atoms with Crippen LogP contribution < -0.4 is 0 Å². The molecule has 0 amide bonds. The first-order valence-corrected chi connectivity index (χ1v) is 7.86. The summed E-state index contributed by atoms with van der Waals surface area (Å²) in [4.78, 5) is 3.59. The SMILES string of the molecule is CC1(c2[nH]cc3ccccc23)CCCCCCCC1. The molecule has 0 spiro atoms. The lowest BCUT2D eigenvalue weighted by molar-refractivity contribution is 0.375. The summed E-state index contributed by atoms with van der Waals surface area (Å²) < 4.78 is 0. The van der Waals surface area contributed by atoms with Crippen LogP contribution in [0.2, 0.25) is 0 Å². The summed E-state index contributed by atoms with van der Waals surface area (Å²) in [5.41, 5.74) is 1.82. The molecule has 3 rings (SSSR count). The molecule has 1 aliphatic rings. The van der Waals surface area contributed by atoms with Crippen molar-refractivity contribution in [3.8, 4) is 0 Å². The third-order valence-electron chi connectivity index (χ3n) is 4.91. The Labute approximate surface area is 116 Å². The minimum absolute atomic E-state index is 0.341. The third kappa shape index (κ3) is 2.56. The molecule has 0 radical (unpaired) electrons. The van der Waals surface area contributed by atoms with Crippen LogP contribution >= 0.6 is 0 Å². The molecule has 1 aromatic heterocycles. The van der Waals surface area contributed by atoms with Gasteiger partial charge in [0.15, 0.2) is 0 Å². The van der Waals surface area contributed by atoms with Crippen molar-refractivity contribution in [2.75, 3.05) is 0 Å². The molecule has 1 heteroatoms. The van der Waals surface area contributed by atoms with Gasteiger partial charge in [-0.1, -0.05) is 69.7 Å². The molecule has 1 saturated carbocycles. The Hall–Kier alpha value is -1.24. The van der Waals surface area contributed by atoms with Crippen molar-refractivity contribution >= 4 is 10.8 Å². The van der Waals surface area contributed by atoms with E-state index in [9.17, 15) is 0 Å². The van der Waals surface area contributed by atoms with Gasteiger partial charge in [-0.25, -0.2) is 0 Å². The normalized spacial score (nSPS) is 20.7. The summed E-state index contributed by atoms with van der Waals surface area (Å²) in [6.07, 6.45) is 13.3. The zero-order chi connectivity index (χ0) is 13.1. The predicted molar refractivity (Wildman–Crippen MR) is 82.6 cm³/mol. The second-order valence-corrected chi connectivity index (χ2v) is 6.43. The van der Waals surface area contributed by atoms with Gasteiger partial charge in [-0.05, 0) is 18.2 Å². The monoisotopic (exact) mass is 255 g/mol. The maximum atomic E-state index is 3.59. The Bertz CT molecular complexity index is 527. The van der Waals surface area contributed by atoms with Crippen LogP contribution in [0.1, 0.15) is 64.0 Å². The average Bonchev–Trinajstić information content (AvgIpc) is 2.88. The van der Waals surface area contributed by atoms with E-state index >= 15 is 0 Å². The van der Waals surface area contributed by atoms with E-state index in [0.29, 0.717) is 5.41 Å². The Kier molecular flexibility index (Phi) is 3.63. The Morgan fingerprint density at radius 1 is 0.895 bits per heavy atom. The molecule has 1 fully saturated rings. The fourth-order valence-corrected chi connectivity index (χ4v) is 3.69. The van der Waals surface area contributed by atoms with Crippen LogP contribution in [-0.4, -0.2) is 4.98 Å². The Morgan fingerprint density at radius 2 is 1.53 bits per heavy atom. The molecule has 0 unspecified atom stereocenters. The lowest BCUT2D eigenvalue weighted by atomic mass is 9.76. The van der Waals surface area contributed by atoms with Crippen molar-refractivity contribution in [1.82, 2.24) is 4.98 Å². The zero-order valence-electron chi connectivity index (χ0n) is 12.0. The highest BCUT2D eigenvalue weighted by Crippen LogP contribution is 2.39. The van der Waals surface area contributed by atoms with E-state index in [1.54, 1.807) is 0 Å². The van der Waals surface area contributed by atoms with Crippen LogP contribution in [0.3, 0.4) is 0 Å². The van der Waals surface area contributed by atoms with Gasteiger partial charge in [-0.15, -0.1) is 0 Å². The molecule has 1 aromatic carbocycles. The number of fused-ring (bicyclic) bond motifs is 1. The highest BCUT2D eigenvalue weighted by molar-refractivity contribution is 5.86. The van der Waals surface area contributed by atoms with Gasteiger partial charge in [0.1, 0.15) is 0 Å². The van der Waals surface area contributed by atoms with Crippen LogP contribution in [0.4, 0.5) is 0 Å². The maximum absolute atomic E-state index is 3.59. The summed E-state index contributed by atoms with van der Waals surface area (Å²) in [7, 11) is 0. The van der Waals surface area contributed by atoms with Gasteiger partial charge in [-0.2, -0.15) is 0 Å². The number of rotatable bonds is 1. The molecule has 0 atom stereocenters. The number of hydrogen-bond donors (Lipinski definition) is 1. The zero-order valence-corrected chi connectivity index (χ0v) is 12.0. The molecule has 1 N–H and O–H groups in total. The molecule has 1 heterocycles. The van der Waals surface area contributed by atoms with Gasteiger partial charge in [-0.3, -0.25) is 0 Å². The van der Waals surface area contributed by atoms with E-state index < -0.39 is 0 Å². The second kappa shape index (κ2) is 5.40. The lowest BCUT2D eigenvalue weighted by Gasteiger charge is -2.29. The van der Waals surface area contributed by atoms with Crippen LogP contribution in [0.25, 0.3) is 10.8 Å². The van der Waals surface area contributed by atoms with E-state index in [1.807, 2.05) is 0 Å². The van der Waals surface area contributed by atoms with E-state index in [4.69, 9.17) is 0 Å². The minimum atomic E-state index is 0.341. The van der Waals surface area contributed by atoms with E-state index in [-0.39, 0.29) is 0 Å². The van der Waals surface area contributed by atoms with Gasteiger partial charge in [0.05, 0.1) is 0 Å². The molecule has 0 bridgehead atoms. The van der Waals surface area contributed by atoms with Gasteiger partial charge in [0.2, 0.25) is 0 Å². The highest BCUT2D eigenvalue weighted by Gasteiger charge is 2.29. The molecule has 102 valence electrons. The Morgan fingerprint density at radius 3 is 2.26 bits per heavy atom. The first-order valence-electron chi connectivity index (χ1n) is 7.86. The summed E-state index contributed by atoms with van der Waals surface area (Å²) in [6, 6.07) is 8.79. The first-order chi connectivity index (χ1) is 9.30. The number of aromatic nitrogens is 1. The molecule has 0 saturated heterocycles. The molecule has 19 heavy (non-hydrogen) atoms. The van der Waals surface area contributed by atoms with Crippen LogP contribution in [0.5, 0.6) is 0 Å². The largest absolute Gasteiger partial charge is 0.363 e. The summed E-state index contributed by atoms with van der Waals surface area (Å²) in [5.74, 6) is 0. The molecule has 1 aliphatic carbocycles. The van der Waals surface area contributed by atoms with Gasteiger partial charge in [0, 0.05) is 22.7 Å². The molecular formula is C18H25N. The van der Waals surface area contributed by atoms with E-state index in [2.05, 4.69) is 42.4 Å². The quantitative estimate of drug-likeness (QED) is 0.686. The average molecular weight is 255 g/mol. The van der Waals surface area contributed by atoms with Crippen molar-refractivity contribution in [2.24, 2.45) is 0 Å². The predicted octanol–water partition coefficient (Wildman–Crippen LogP) is 5.56. The topological polar surface area (TPSA) is 15.8 Å². The summed E-state index contributed by atoms with van der Waals surface area (Å²) >= 11 is 0. The van der Waals surface area contributed by atoms with Gasteiger partial charge < -0.3 is 4.98 Å². The molecule has 1 nitrogen and oxygen atoms in total. The fraction of sp³-hybridized carbons (Fsp3) is 0.556. The van der Waals surface area contributed by atoms with Crippen molar-refractivity contribution < 1.29 is 0 Å². The van der Waals surface area contributed by atoms with Crippen molar-refractivity contribution in [3.63, 3.8) is 0 Å². The standard InChI is InChI=1S/C18H25N/c1-18(12-8-4-2-3-5-9-13-18)17-16-11-7-6-10-15(16)14-19-17/h6-7,10-11,14,19H,2-5,8-9,12-13H2,1H3. The molecule has 2 aromatic rings. The number of H-pyrrole nitrogens is 1. The smallest absolute Gasteiger partial charge is 0.0287 e. The molecule has 0 aliphatic heterocycles. The summed E-state index contributed by atoms with van der Waals surface area (Å²) in [5, 5.41) is 2.79. The van der Waals surface area contributed by atoms with Gasteiger partial charge >= 0.3 is 0 Å². The number of benzene rings is 1.